The lowest BCUT2D eigenvalue weighted by Gasteiger charge is -2.02. The molecule has 0 amide bonds. The van der Waals surface area contributed by atoms with Gasteiger partial charge in [0.15, 0.2) is 0 Å². The lowest BCUT2D eigenvalue weighted by Crippen LogP contribution is -1.78. The SMILES string of the molecule is Cc1cccc2c1oc1ccc(-c3ccc4oc5ccc(I)cc5c4c3)cc12. The smallest absolute Gasteiger partial charge is 0.138 e. The highest BCUT2D eigenvalue weighted by molar-refractivity contribution is 14.1. The average Bonchev–Trinajstić information content (AvgIpc) is 3.26. The third-order valence-electron chi connectivity index (χ3n) is 5.46. The Balaban J connectivity index is 1.60. The second-order valence-corrected chi connectivity index (χ2v) is 8.46. The lowest BCUT2D eigenvalue weighted by atomic mass is 10.0. The van der Waals surface area contributed by atoms with Crippen molar-refractivity contribution < 1.29 is 8.83 Å². The molecule has 0 radical (unpaired) electrons. The Kier molecular flexibility index (Phi) is 3.38. The molecule has 6 rings (SSSR count). The number of halogens is 1. The maximum absolute atomic E-state index is 6.09. The van der Waals surface area contributed by atoms with E-state index in [2.05, 4.69) is 96.2 Å². The van der Waals surface area contributed by atoms with Gasteiger partial charge in [0.1, 0.15) is 22.3 Å². The van der Waals surface area contributed by atoms with Gasteiger partial charge in [-0.3, -0.25) is 0 Å². The number of para-hydroxylation sites is 1. The molecule has 0 saturated carbocycles. The highest BCUT2D eigenvalue weighted by Crippen LogP contribution is 2.36. The van der Waals surface area contributed by atoms with Gasteiger partial charge in [-0.2, -0.15) is 0 Å². The van der Waals surface area contributed by atoms with Crippen molar-refractivity contribution in [2.75, 3.05) is 0 Å². The number of aryl methyl sites for hydroxylation is 1. The summed E-state index contributed by atoms with van der Waals surface area (Å²) in [5.41, 5.74) is 7.27. The van der Waals surface area contributed by atoms with E-state index in [1.807, 2.05) is 6.07 Å². The molecule has 2 heterocycles. The largest absolute Gasteiger partial charge is 0.456 e. The van der Waals surface area contributed by atoms with Crippen LogP contribution in [0.2, 0.25) is 0 Å². The number of fused-ring (bicyclic) bond motifs is 6. The maximum Gasteiger partial charge on any atom is 0.138 e. The van der Waals surface area contributed by atoms with E-state index >= 15 is 0 Å². The van der Waals surface area contributed by atoms with Gasteiger partial charge in [0.05, 0.1) is 0 Å². The van der Waals surface area contributed by atoms with E-state index in [4.69, 9.17) is 8.83 Å². The van der Waals surface area contributed by atoms with Gasteiger partial charge < -0.3 is 8.83 Å². The van der Waals surface area contributed by atoms with Crippen molar-refractivity contribution in [3.8, 4) is 11.1 Å². The van der Waals surface area contributed by atoms with Crippen LogP contribution < -0.4 is 0 Å². The topological polar surface area (TPSA) is 26.3 Å². The molecule has 0 saturated heterocycles. The Morgan fingerprint density at radius 1 is 0.607 bits per heavy atom. The zero-order valence-electron chi connectivity index (χ0n) is 15.1. The lowest BCUT2D eigenvalue weighted by molar-refractivity contribution is 0.666. The molecule has 0 bridgehead atoms. The van der Waals surface area contributed by atoms with Crippen LogP contribution in [0.5, 0.6) is 0 Å². The molecule has 2 aromatic heterocycles. The molecule has 2 nitrogen and oxygen atoms in total. The predicted molar refractivity (Wildman–Crippen MR) is 124 cm³/mol. The van der Waals surface area contributed by atoms with Gasteiger partial charge in [-0.25, -0.2) is 0 Å². The van der Waals surface area contributed by atoms with Crippen LogP contribution in [0.4, 0.5) is 0 Å². The standard InChI is InChI=1S/C25H15IO2/c1-14-3-2-4-18-19-11-15(6-9-24(19)28-25(14)18)16-5-8-22-20(12-16)21-13-17(26)7-10-23(21)27-22/h2-13H,1H3. The van der Waals surface area contributed by atoms with E-state index in [-0.39, 0.29) is 0 Å². The van der Waals surface area contributed by atoms with Gasteiger partial charge in [-0.1, -0.05) is 30.3 Å². The third kappa shape index (κ3) is 2.32. The summed E-state index contributed by atoms with van der Waals surface area (Å²) in [6.45, 7) is 2.09. The summed E-state index contributed by atoms with van der Waals surface area (Å²) in [6, 6.07) is 25.5. The van der Waals surface area contributed by atoms with E-state index in [0.29, 0.717) is 0 Å². The zero-order chi connectivity index (χ0) is 18.8. The van der Waals surface area contributed by atoms with Gasteiger partial charge in [0.25, 0.3) is 0 Å². The van der Waals surface area contributed by atoms with Crippen molar-refractivity contribution in [2.45, 2.75) is 6.92 Å². The first-order valence-electron chi connectivity index (χ1n) is 9.21. The summed E-state index contributed by atoms with van der Waals surface area (Å²) in [5, 5.41) is 4.64. The highest BCUT2D eigenvalue weighted by Gasteiger charge is 2.12. The van der Waals surface area contributed by atoms with Gasteiger partial charge in [0.2, 0.25) is 0 Å². The summed E-state index contributed by atoms with van der Waals surface area (Å²) >= 11 is 2.35. The Bertz CT molecular complexity index is 1520. The number of hydrogen-bond acceptors (Lipinski definition) is 2. The van der Waals surface area contributed by atoms with E-state index in [1.165, 1.54) is 20.1 Å². The molecule has 0 fully saturated rings. The van der Waals surface area contributed by atoms with Crippen LogP contribution in [0.25, 0.3) is 55.0 Å². The highest BCUT2D eigenvalue weighted by atomic mass is 127. The van der Waals surface area contributed by atoms with Crippen LogP contribution in [-0.2, 0) is 0 Å². The van der Waals surface area contributed by atoms with Gasteiger partial charge in [0, 0.05) is 25.1 Å². The van der Waals surface area contributed by atoms with Crippen molar-refractivity contribution in [3.05, 3.63) is 81.9 Å². The van der Waals surface area contributed by atoms with Crippen LogP contribution in [-0.4, -0.2) is 0 Å². The molecule has 4 aromatic carbocycles. The number of hydrogen-bond donors (Lipinski definition) is 0. The first kappa shape index (κ1) is 16.2. The first-order chi connectivity index (χ1) is 13.7. The number of furan rings is 2. The van der Waals surface area contributed by atoms with Gasteiger partial charge in [-0.05, 0) is 88.7 Å². The minimum Gasteiger partial charge on any atom is -0.456 e. The fourth-order valence-electron chi connectivity index (χ4n) is 4.05. The fourth-order valence-corrected chi connectivity index (χ4v) is 4.54. The molecule has 0 atom stereocenters. The van der Waals surface area contributed by atoms with E-state index in [9.17, 15) is 0 Å². The first-order valence-corrected chi connectivity index (χ1v) is 10.3. The summed E-state index contributed by atoms with van der Waals surface area (Å²) in [5.74, 6) is 0. The molecule has 0 aliphatic carbocycles. The van der Waals surface area contributed by atoms with E-state index in [1.54, 1.807) is 0 Å². The van der Waals surface area contributed by atoms with Gasteiger partial charge in [-0.15, -0.1) is 0 Å². The van der Waals surface area contributed by atoms with E-state index < -0.39 is 0 Å². The molecule has 28 heavy (non-hydrogen) atoms. The molecule has 0 N–H and O–H groups in total. The fraction of sp³-hybridized carbons (Fsp3) is 0.0400. The van der Waals surface area contributed by atoms with Crippen LogP contribution in [0.3, 0.4) is 0 Å². The third-order valence-corrected chi connectivity index (χ3v) is 6.13. The molecular formula is C25H15IO2. The predicted octanol–water partition coefficient (Wildman–Crippen LogP) is 8.07. The number of rotatable bonds is 1. The maximum atomic E-state index is 6.09. The minimum absolute atomic E-state index is 0.922. The van der Waals surface area contributed by atoms with Crippen LogP contribution in [0.15, 0.2) is 81.6 Å². The molecule has 3 heteroatoms. The summed E-state index contributed by atoms with van der Waals surface area (Å²) in [7, 11) is 0. The molecule has 0 aliphatic rings. The minimum atomic E-state index is 0.922. The molecule has 0 spiro atoms. The Morgan fingerprint density at radius 3 is 1.96 bits per heavy atom. The van der Waals surface area contributed by atoms with E-state index in [0.717, 1.165) is 44.1 Å². The van der Waals surface area contributed by atoms with Crippen molar-refractivity contribution in [1.82, 2.24) is 0 Å². The molecule has 6 aromatic rings. The quantitative estimate of drug-likeness (QED) is 0.225. The number of benzene rings is 4. The van der Waals surface area contributed by atoms with Crippen molar-refractivity contribution in [2.24, 2.45) is 0 Å². The average molecular weight is 474 g/mol. The Hall–Kier alpha value is -2.79. The summed E-state index contributed by atoms with van der Waals surface area (Å²) < 4.78 is 13.3. The summed E-state index contributed by atoms with van der Waals surface area (Å²) in [6.07, 6.45) is 0. The van der Waals surface area contributed by atoms with Crippen LogP contribution >= 0.6 is 22.6 Å². The molecular weight excluding hydrogens is 459 g/mol. The Labute approximate surface area is 174 Å². The second kappa shape index (κ2) is 5.85. The second-order valence-electron chi connectivity index (χ2n) is 7.22. The summed E-state index contributed by atoms with van der Waals surface area (Å²) in [4.78, 5) is 0. The molecule has 134 valence electrons. The van der Waals surface area contributed by atoms with Crippen molar-refractivity contribution >= 4 is 66.5 Å². The zero-order valence-corrected chi connectivity index (χ0v) is 17.3. The van der Waals surface area contributed by atoms with Crippen LogP contribution in [0, 0.1) is 10.5 Å². The van der Waals surface area contributed by atoms with Crippen LogP contribution in [0.1, 0.15) is 5.56 Å². The molecule has 0 unspecified atom stereocenters. The Morgan fingerprint density at radius 2 is 1.21 bits per heavy atom. The molecule has 0 aliphatic heterocycles. The monoisotopic (exact) mass is 474 g/mol. The van der Waals surface area contributed by atoms with Crippen molar-refractivity contribution in [1.29, 1.82) is 0 Å². The normalized spacial score (nSPS) is 11.9. The van der Waals surface area contributed by atoms with Gasteiger partial charge >= 0.3 is 0 Å². The van der Waals surface area contributed by atoms with Crippen molar-refractivity contribution in [3.63, 3.8) is 0 Å².